The number of rotatable bonds is 4. The number of nitrogens with two attached hydrogens (primary N) is 1. The van der Waals surface area contributed by atoms with Crippen LogP contribution in [0.3, 0.4) is 0 Å². The van der Waals surface area contributed by atoms with E-state index in [0.717, 1.165) is 17.8 Å². The van der Waals surface area contributed by atoms with Crippen LogP contribution in [-0.2, 0) is 6.18 Å². The van der Waals surface area contributed by atoms with Gasteiger partial charge in [0.25, 0.3) is 5.91 Å². The van der Waals surface area contributed by atoms with Gasteiger partial charge in [-0.1, -0.05) is 0 Å². The lowest BCUT2D eigenvalue weighted by Gasteiger charge is -2.21. The molecule has 1 aliphatic rings. The molecule has 3 rings (SSSR count). The summed E-state index contributed by atoms with van der Waals surface area (Å²) in [4.78, 5) is 25.1. The standard InChI is InChI=1S/C17H19F3N6O/c1-9-10(2)23-15(14(21)27)25-16(9)26-6-4-12(8-26)24-11-3-5-22-13(7-11)17(18,19)20/h3,5,7,12H,4,6,8H2,1-2H3,(H2,21,27)(H,22,24)/t12-/m1/s1. The third kappa shape index (κ3) is 4.09. The quantitative estimate of drug-likeness (QED) is 0.845. The Labute approximate surface area is 153 Å². The lowest BCUT2D eigenvalue weighted by atomic mass is 10.2. The molecule has 144 valence electrons. The molecule has 0 unspecified atom stereocenters. The summed E-state index contributed by atoms with van der Waals surface area (Å²) in [5.74, 6) is -0.135. The topological polar surface area (TPSA) is 97.0 Å². The maximum absolute atomic E-state index is 12.8. The number of pyridine rings is 1. The molecule has 0 aromatic carbocycles. The fraction of sp³-hybridized carbons (Fsp3) is 0.412. The Hall–Kier alpha value is -2.91. The van der Waals surface area contributed by atoms with E-state index in [0.29, 0.717) is 36.7 Å². The lowest BCUT2D eigenvalue weighted by Crippen LogP contribution is -2.28. The van der Waals surface area contributed by atoms with Gasteiger partial charge in [-0.2, -0.15) is 13.2 Å². The molecule has 7 nitrogen and oxygen atoms in total. The number of hydrogen-bond donors (Lipinski definition) is 2. The highest BCUT2D eigenvalue weighted by Crippen LogP contribution is 2.30. The molecule has 1 atom stereocenters. The van der Waals surface area contributed by atoms with Gasteiger partial charge in [-0.15, -0.1) is 0 Å². The minimum absolute atomic E-state index is 0.0477. The van der Waals surface area contributed by atoms with E-state index in [2.05, 4.69) is 20.3 Å². The summed E-state index contributed by atoms with van der Waals surface area (Å²) in [6, 6.07) is 2.43. The molecule has 10 heteroatoms. The van der Waals surface area contributed by atoms with Crippen LogP contribution in [0, 0.1) is 13.8 Å². The molecule has 0 bridgehead atoms. The number of carbonyl (C=O) groups excluding carboxylic acids is 1. The molecular weight excluding hydrogens is 361 g/mol. The largest absolute Gasteiger partial charge is 0.433 e. The Morgan fingerprint density at radius 2 is 2.07 bits per heavy atom. The van der Waals surface area contributed by atoms with Gasteiger partial charge in [0.15, 0.2) is 0 Å². The SMILES string of the molecule is Cc1nc(C(N)=O)nc(N2CC[C@@H](Nc3ccnc(C(F)(F)F)c3)C2)c1C. The van der Waals surface area contributed by atoms with Crippen LogP contribution in [0.15, 0.2) is 18.3 Å². The first kappa shape index (κ1) is 18.9. The van der Waals surface area contributed by atoms with Crippen molar-refractivity contribution in [2.75, 3.05) is 23.3 Å². The normalized spacial score (nSPS) is 17.2. The summed E-state index contributed by atoms with van der Waals surface area (Å²) >= 11 is 0. The van der Waals surface area contributed by atoms with Crippen molar-refractivity contribution >= 4 is 17.4 Å². The summed E-state index contributed by atoms with van der Waals surface area (Å²) in [5, 5.41) is 3.11. The van der Waals surface area contributed by atoms with Gasteiger partial charge in [0, 0.05) is 42.3 Å². The van der Waals surface area contributed by atoms with Crippen LogP contribution in [-0.4, -0.2) is 40.0 Å². The Morgan fingerprint density at radius 3 is 2.74 bits per heavy atom. The maximum Gasteiger partial charge on any atom is 0.433 e. The first-order valence-electron chi connectivity index (χ1n) is 8.35. The van der Waals surface area contributed by atoms with Crippen LogP contribution >= 0.6 is 0 Å². The zero-order chi connectivity index (χ0) is 19.8. The highest BCUT2D eigenvalue weighted by atomic mass is 19.4. The molecule has 0 spiro atoms. The van der Waals surface area contributed by atoms with E-state index in [9.17, 15) is 18.0 Å². The van der Waals surface area contributed by atoms with Gasteiger partial charge in [-0.25, -0.2) is 9.97 Å². The number of alkyl halides is 3. The van der Waals surface area contributed by atoms with E-state index < -0.39 is 17.8 Å². The molecule has 2 aromatic heterocycles. The molecule has 2 aromatic rings. The second-order valence-corrected chi connectivity index (χ2v) is 6.45. The van der Waals surface area contributed by atoms with Crippen LogP contribution in [0.1, 0.15) is 34.0 Å². The molecule has 1 aliphatic heterocycles. The smallest absolute Gasteiger partial charge is 0.380 e. The molecule has 0 radical (unpaired) electrons. The third-order valence-electron chi connectivity index (χ3n) is 4.49. The number of amides is 1. The highest BCUT2D eigenvalue weighted by Gasteiger charge is 2.33. The van der Waals surface area contributed by atoms with Gasteiger partial charge in [-0.05, 0) is 32.4 Å². The van der Waals surface area contributed by atoms with Crippen molar-refractivity contribution in [3.63, 3.8) is 0 Å². The number of nitrogens with zero attached hydrogens (tertiary/aromatic N) is 4. The van der Waals surface area contributed by atoms with Crippen molar-refractivity contribution < 1.29 is 18.0 Å². The third-order valence-corrected chi connectivity index (χ3v) is 4.49. The van der Waals surface area contributed by atoms with Crippen molar-refractivity contribution in [1.29, 1.82) is 0 Å². The summed E-state index contributed by atoms with van der Waals surface area (Å²) < 4.78 is 38.4. The second-order valence-electron chi connectivity index (χ2n) is 6.45. The number of anilines is 2. The van der Waals surface area contributed by atoms with Gasteiger partial charge in [0.05, 0.1) is 0 Å². The molecule has 27 heavy (non-hydrogen) atoms. The van der Waals surface area contributed by atoms with Crippen LogP contribution in [0.4, 0.5) is 24.7 Å². The number of aromatic nitrogens is 3. The Morgan fingerprint density at radius 1 is 1.33 bits per heavy atom. The van der Waals surface area contributed by atoms with Crippen LogP contribution in [0.25, 0.3) is 0 Å². The monoisotopic (exact) mass is 380 g/mol. The predicted octanol–water partition coefficient (Wildman–Crippen LogP) is 2.30. The number of halogens is 3. The predicted molar refractivity (Wildman–Crippen MR) is 93.5 cm³/mol. The van der Waals surface area contributed by atoms with E-state index in [1.165, 1.54) is 6.07 Å². The molecule has 3 N–H and O–H groups in total. The average Bonchev–Trinajstić information content (AvgIpc) is 3.04. The molecule has 0 saturated carbocycles. The maximum atomic E-state index is 12.8. The molecule has 3 heterocycles. The Balaban J connectivity index is 1.76. The summed E-state index contributed by atoms with van der Waals surface area (Å²) in [6.07, 6.45) is -2.65. The van der Waals surface area contributed by atoms with Crippen molar-refractivity contribution in [2.45, 2.75) is 32.5 Å². The molecule has 1 amide bonds. The van der Waals surface area contributed by atoms with E-state index in [4.69, 9.17) is 5.73 Å². The number of primary amides is 1. The van der Waals surface area contributed by atoms with Gasteiger partial charge in [0.2, 0.25) is 5.82 Å². The van der Waals surface area contributed by atoms with Crippen molar-refractivity contribution in [2.24, 2.45) is 5.73 Å². The van der Waals surface area contributed by atoms with E-state index in [1.54, 1.807) is 6.92 Å². The average molecular weight is 380 g/mol. The van der Waals surface area contributed by atoms with Crippen molar-refractivity contribution in [3.8, 4) is 0 Å². The van der Waals surface area contributed by atoms with Gasteiger partial charge in [-0.3, -0.25) is 9.78 Å². The summed E-state index contributed by atoms with van der Waals surface area (Å²) in [7, 11) is 0. The zero-order valence-corrected chi connectivity index (χ0v) is 14.8. The van der Waals surface area contributed by atoms with Crippen molar-refractivity contribution in [3.05, 3.63) is 41.1 Å². The molecule has 1 fully saturated rings. The van der Waals surface area contributed by atoms with Gasteiger partial charge in [0.1, 0.15) is 11.5 Å². The minimum atomic E-state index is -4.49. The van der Waals surface area contributed by atoms with Crippen LogP contribution in [0.2, 0.25) is 0 Å². The lowest BCUT2D eigenvalue weighted by molar-refractivity contribution is -0.141. The number of hydrogen-bond acceptors (Lipinski definition) is 6. The Kier molecular flexibility index (Phi) is 4.90. The van der Waals surface area contributed by atoms with Crippen LogP contribution < -0.4 is 16.0 Å². The first-order valence-corrected chi connectivity index (χ1v) is 8.35. The second kappa shape index (κ2) is 7.01. The van der Waals surface area contributed by atoms with E-state index >= 15 is 0 Å². The fourth-order valence-electron chi connectivity index (χ4n) is 3.01. The number of nitrogens with one attached hydrogen (secondary N) is 1. The fourth-order valence-corrected chi connectivity index (χ4v) is 3.01. The molecule has 1 saturated heterocycles. The zero-order valence-electron chi connectivity index (χ0n) is 14.8. The van der Waals surface area contributed by atoms with E-state index in [-0.39, 0.29) is 11.9 Å². The number of aryl methyl sites for hydroxylation is 1. The highest BCUT2D eigenvalue weighted by molar-refractivity contribution is 5.89. The van der Waals surface area contributed by atoms with Crippen LogP contribution in [0.5, 0.6) is 0 Å². The number of carbonyl (C=O) groups is 1. The Bertz CT molecular complexity index is 870. The van der Waals surface area contributed by atoms with E-state index in [1.807, 2.05) is 11.8 Å². The van der Waals surface area contributed by atoms with Gasteiger partial charge >= 0.3 is 6.18 Å². The summed E-state index contributed by atoms with van der Waals surface area (Å²) in [5.41, 5.74) is 6.21. The van der Waals surface area contributed by atoms with Crippen molar-refractivity contribution in [1.82, 2.24) is 15.0 Å². The molecule has 0 aliphatic carbocycles. The minimum Gasteiger partial charge on any atom is -0.380 e. The molecular formula is C17H19F3N6O. The van der Waals surface area contributed by atoms with Gasteiger partial charge < -0.3 is 16.0 Å². The first-order chi connectivity index (χ1) is 12.6. The summed E-state index contributed by atoms with van der Waals surface area (Å²) in [6.45, 7) is 4.80.